The van der Waals surface area contributed by atoms with Crippen molar-refractivity contribution in [3.05, 3.63) is 47.6 Å². The van der Waals surface area contributed by atoms with Crippen molar-refractivity contribution in [2.24, 2.45) is 10.9 Å². The fourth-order valence-electron chi connectivity index (χ4n) is 1.18. The van der Waals surface area contributed by atoms with Gasteiger partial charge in [0.1, 0.15) is 0 Å². The van der Waals surface area contributed by atoms with E-state index in [1.807, 2.05) is 74.6 Å². The lowest BCUT2D eigenvalue weighted by Crippen LogP contribution is -1.90. The molecule has 0 aromatic heterocycles. The van der Waals surface area contributed by atoms with E-state index in [-0.39, 0.29) is 0 Å². The molecule has 0 spiro atoms. The van der Waals surface area contributed by atoms with E-state index in [4.69, 9.17) is 0 Å². The Morgan fingerprint density at radius 1 is 0.840 bits per heavy atom. The van der Waals surface area contributed by atoms with E-state index in [0.29, 0.717) is 5.92 Å². The summed E-state index contributed by atoms with van der Waals surface area (Å²) in [6.45, 7) is 27.5. The van der Waals surface area contributed by atoms with Crippen LogP contribution in [-0.2, 0) is 0 Å². The van der Waals surface area contributed by atoms with Gasteiger partial charge in [-0.15, -0.1) is 0 Å². The Morgan fingerprint density at radius 3 is 1.56 bits per heavy atom. The molecule has 0 unspecified atom stereocenters. The lowest BCUT2D eigenvalue weighted by Gasteiger charge is -1.99. The maximum atomic E-state index is 4.05. The number of rotatable bonds is 5. The smallest absolute Gasteiger partial charge is 0.0408 e. The molecule has 0 heterocycles. The Morgan fingerprint density at radius 2 is 1.32 bits per heavy atom. The van der Waals surface area contributed by atoms with E-state index >= 15 is 0 Å². The van der Waals surface area contributed by atoms with Crippen LogP contribution in [0.15, 0.2) is 52.6 Å². The summed E-state index contributed by atoms with van der Waals surface area (Å²) >= 11 is 0. The SMILES string of the molecule is CC.CC.CC.CC=NCC(C)C.C\C=C/C=C(\C=C/C)C(/C)=C/C. The van der Waals surface area contributed by atoms with Gasteiger partial charge in [-0.05, 0) is 57.9 Å². The van der Waals surface area contributed by atoms with Gasteiger partial charge >= 0.3 is 0 Å². The molecule has 0 saturated carbocycles. The van der Waals surface area contributed by atoms with Gasteiger partial charge in [-0.1, -0.05) is 91.8 Å². The molecule has 0 aliphatic heterocycles. The summed E-state index contributed by atoms with van der Waals surface area (Å²) in [5.41, 5.74) is 2.59. The third kappa shape index (κ3) is 39.4. The van der Waals surface area contributed by atoms with Gasteiger partial charge in [0.15, 0.2) is 0 Å². The van der Waals surface area contributed by atoms with Gasteiger partial charge in [-0.25, -0.2) is 0 Å². The molecule has 0 amide bonds. The van der Waals surface area contributed by atoms with E-state index < -0.39 is 0 Å². The molecule has 25 heavy (non-hydrogen) atoms. The minimum Gasteiger partial charge on any atom is -0.298 e. The second kappa shape index (κ2) is 38.3. The molecular weight excluding hydrogens is 302 g/mol. The summed E-state index contributed by atoms with van der Waals surface area (Å²) in [5.74, 6) is 0.705. The highest BCUT2D eigenvalue weighted by Gasteiger charge is 1.90. The Kier molecular flexibility index (Phi) is 53.4. The molecule has 0 N–H and O–H groups in total. The lowest BCUT2D eigenvalue weighted by molar-refractivity contribution is 0.667. The largest absolute Gasteiger partial charge is 0.298 e. The molecule has 0 atom stereocenters. The van der Waals surface area contributed by atoms with Crippen molar-refractivity contribution in [2.45, 2.75) is 90.0 Å². The Bertz CT molecular complexity index is 339. The molecule has 0 rings (SSSR count). The maximum Gasteiger partial charge on any atom is 0.0408 e. The Balaban J connectivity index is -0.0000000873. The van der Waals surface area contributed by atoms with E-state index in [0.717, 1.165) is 6.54 Å². The van der Waals surface area contributed by atoms with Gasteiger partial charge in [0.05, 0.1) is 0 Å². The zero-order valence-corrected chi connectivity index (χ0v) is 19.8. The summed E-state index contributed by atoms with van der Waals surface area (Å²) in [4.78, 5) is 4.05. The first-order valence-electron chi connectivity index (χ1n) is 10.1. The molecule has 0 fully saturated rings. The lowest BCUT2D eigenvalue weighted by atomic mass is 10.1. The Labute approximate surface area is 161 Å². The molecule has 150 valence electrons. The van der Waals surface area contributed by atoms with Crippen molar-refractivity contribution in [3.8, 4) is 0 Å². The molecular formula is C24H49N. The van der Waals surface area contributed by atoms with Crippen LogP contribution >= 0.6 is 0 Å². The normalized spacial score (nSPS) is 11.1. The molecule has 0 bridgehead atoms. The van der Waals surface area contributed by atoms with Crippen LogP contribution in [0.3, 0.4) is 0 Å². The van der Waals surface area contributed by atoms with Crippen molar-refractivity contribution >= 4 is 6.21 Å². The standard InChI is InChI=1S/C12H18.C6H13N.3C2H6/c1-5-8-10-12(9-6-2)11(4)7-3;1-4-7-5-6(2)3;3*1-2/h5-10H,1-4H3;4,6H,5H2,1-3H3;3*1-2H3/b8-5-,9-6-,11-7+,12-10+;;;;. The van der Waals surface area contributed by atoms with E-state index in [1.54, 1.807) is 0 Å². The number of hydrogen-bond donors (Lipinski definition) is 0. The predicted molar refractivity (Wildman–Crippen MR) is 125 cm³/mol. The second-order valence-corrected chi connectivity index (χ2v) is 4.64. The van der Waals surface area contributed by atoms with Crippen LogP contribution in [0.4, 0.5) is 0 Å². The minimum absolute atomic E-state index is 0.705. The van der Waals surface area contributed by atoms with Crippen LogP contribution < -0.4 is 0 Å². The van der Waals surface area contributed by atoms with Gasteiger partial charge < -0.3 is 0 Å². The van der Waals surface area contributed by atoms with Crippen molar-refractivity contribution < 1.29 is 0 Å². The van der Waals surface area contributed by atoms with E-state index in [2.05, 4.69) is 63.1 Å². The molecule has 0 aliphatic carbocycles. The summed E-state index contributed by atoms with van der Waals surface area (Å²) < 4.78 is 0. The first-order valence-corrected chi connectivity index (χ1v) is 10.1. The highest BCUT2D eigenvalue weighted by atomic mass is 14.7. The first-order chi connectivity index (χ1) is 12.0. The van der Waals surface area contributed by atoms with Gasteiger partial charge in [-0.2, -0.15) is 0 Å². The number of allylic oxidation sites excluding steroid dienone is 8. The molecule has 1 heteroatoms. The summed E-state index contributed by atoms with van der Waals surface area (Å²) in [6, 6.07) is 0. The predicted octanol–water partition coefficient (Wildman–Crippen LogP) is 8.84. The summed E-state index contributed by atoms with van der Waals surface area (Å²) in [7, 11) is 0. The van der Waals surface area contributed by atoms with Crippen molar-refractivity contribution in [2.75, 3.05) is 6.54 Å². The van der Waals surface area contributed by atoms with Crippen LogP contribution in [0.25, 0.3) is 0 Å². The average Bonchev–Trinajstić information content (AvgIpc) is 2.68. The van der Waals surface area contributed by atoms with Crippen molar-refractivity contribution in [3.63, 3.8) is 0 Å². The van der Waals surface area contributed by atoms with Gasteiger partial charge in [-0.3, -0.25) is 4.99 Å². The van der Waals surface area contributed by atoms with Crippen LogP contribution in [0, 0.1) is 5.92 Å². The topological polar surface area (TPSA) is 12.4 Å². The zero-order valence-electron chi connectivity index (χ0n) is 19.8. The number of hydrogen-bond acceptors (Lipinski definition) is 1. The third-order valence-corrected chi connectivity index (χ3v) is 2.36. The van der Waals surface area contributed by atoms with Gasteiger partial charge in [0.25, 0.3) is 0 Å². The van der Waals surface area contributed by atoms with Crippen molar-refractivity contribution in [1.29, 1.82) is 0 Å². The van der Waals surface area contributed by atoms with E-state index in [9.17, 15) is 0 Å². The highest BCUT2D eigenvalue weighted by molar-refractivity contribution is 5.53. The monoisotopic (exact) mass is 351 g/mol. The second-order valence-electron chi connectivity index (χ2n) is 4.64. The molecule has 0 aromatic carbocycles. The van der Waals surface area contributed by atoms with Crippen LogP contribution in [0.5, 0.6) is 0 Å². The van der Waals surface area contributed by atoms with Gasteiger partial charge in [0, 0.05) is 6.54 Å². The van der Waals surface area contributed by atoms with Crippen LogP contribution in [0.1, 0.15) is 90.0 Å². The molecule has 1 nitrogen and oxygen atoms in total. The quantitative estimate of drug-likeness (QED) is 0.346. The fourth-order valence-corrected chi connectivity index (χ4v) is 1.18. The zero-order chi connectivity index (χ0) is 21.1. The third-order valence-electron chi connectivity index (χ3n) is 2.36. The highest BCUT2D eigenvalue weighted by Crippen LogP contribution is 2.10. The molecule has 0 aliphatic rings. The fraction of sp³-hybridized carbons (Fsp3) is 0.625. The Hall–Kier alpha value is -1.37. The average molecular weight is 352 g/mol. The van der Waals surface area contributed by atoms with E-state index in [1.165, 1.54) is 11.1 Å². The van der Waals surface area contributed by atoms with Gasteiger partial charge in [0.2, 0.25) is 0 Å². The summed E-state index contributed by atoms with van der Waals surface area (Å²) in [5, 5.41) is 0. The molecule has 0 radical (unpaired) electrons. The first kappa shape index (κ1) is 34.9. The molecule has 0 aromatic rings. The number of nitrogens with zero attached hydrogens (tertiary/aromatic N) is 1. The van der Waals surface area contributed by atoms with Crippen LogP contribution in [-0.4, -0.2) is 12.8 Å². The maximum absolute atomic E-state index is 4.05. The number of aliphatic imine (C=N–C) groups is 1. The summed E-state index contributed by atoms with van der Waals surface area (Å²) in [6.07, 6.45) is 14.4. The minimum atomic E-state index is 0.705. The van der Waals surface area contributed by atoms with Crippen LogP contribution in [0.2, 0.25) is 0 Å². The molecule has 0 saturated heterocycles. The van der Waals surface area contributed by atoms with Crippen molar-refractivity contribution in [1.82, 2.24) is 0 Å².